The van der Waals surface area contributed by atoms with Gasteiger partial charge in [-0.2, -0.15) is 0 Å². The van der Waals surface area contributed by atoms with Crippen molar-refractivity contribution < 1.29 is 14.3 Å². The minimum absolute atomic E-state index is 0.156. The zero-order chi connectivity index (χ0) is 15.1. The van der Waals surface area contributed by atoms with Crippen molar-refractivity contribution in [2.24, 2.45) is 0 Å². The van der Waals surface area contributed by atoms with Crippen LogP contribution in [0.2, 0.25) is 0 Å². The van der Waals surface area contributed by atoms with Gasteiger partial charge in [-0.3, -0.25) is 4.79 Å². The first-order valence-electron chi connectivity index (χ1n) is 7.07. The summed E-state index contributed by atoms with van der Waals surface area (Å²) in [6, 6.07) is 12.4. The molecule has 0 fully saturated rings. The fraction of sp³-hybridized carbons (Fsp3) is 0.353. The molecule has 0 aliphatic heterocycles. The van der Waals surface area contributed by atoms with Gasteiger partial charge in [0.15, 0.2) is 0 Å². The van der Waals surface area contributed by atoms with Gasteiger partial charge in [0.05, 0.1) is 14.2 Å². The lowest BCUT2D eigenvalue weighted by Gasteiger charge is -2.07. The van der Waals surface area contributed by atoms with E-state index in [4.69, 9.17) is 4.74 Å². The highest BCUT2D eigenvalue weighted by molar-refractivity contribution is 5.84. The maximum atomic E-state index is 11.0. The molecule has 0 aromatic heterocycles. The van der Waals surface area contributed by atoms with E-state index in [0.29, 0.717) is 6.42 Å². The van der Waals surface area contributed by atoms with Crippen molar-refractivity contribution in [1.82, 2.24) is 5.32 Å². The molecule has 4 nitrogen and oxygen atoms in total. The number of hydrogen-bond acceptors (Lipinski definition) is 4. The van der Waals surface area contributed by atoms with E-state index >= 15 is 0 Å². The monoisotopic (exact) mass is 287 g/mol. The van der Waals surface area contributed by atoms with Gasteiger partial charge in [0.25, 0.3) is 0 Å². The molecule has 2 aromatic rings. The van der Waals surface area contributed by atoms with Gasteiger partial charge < -0.3 is 14.8 Å². The van der Waals surface area contributed by atoms with Crippen LogP contribution < -0.4 is 10.1 Å². The molecule has 0 aliphatic rings. The Morgan fingerprint density at radius 2 is 1.86 bits per heavy atom. The molecule has 4 heteroatoms. The highest BCUT2D eigenvalue weighted by atomic mass is 16.5. The summed E-state index contributed by atoms with van der Waals surface area (Å²) in [5, 5.41) is 5.70. The van der Waals surface area contributed by atoms with Crippen LogP contribution in [0.4, 0.5) is 0 Å². The standard InChI is InChI=1S/C17H21NO3/c1-20-16-8-7-14-10-13(5-6-15(14)11-16)12-18-9-3-4-17(19)21-2/h5-8,10-11,18H,3-4,9,12H2,1-2H3. The highest BCUT2D eigenvalue weighted by Gasteiger charge is 2.01. The number of carbonyl (C=O) groups is 1. The van der Waals surface area contributed by atoms with Crippen LogP contribution in [0.1, 0.15) is 18.4 Å². The van der Waals surface area contributed by atoms with Gasteiger partial charge in [-0.1, -0.05) is 18.2 Å². The first-order chi connectivity index (χ1) is 10.2. The molecular formula is C17H21NO3. The molecule has 0 spiro atoms. The Balaban J connectivity index is 1.86. The topological polar surface area (TPSA) is 47.6 Å². The van der Waals surface area contributed by atoms with Gasteiger partial charge in [0.2, 0.25) is 0 Å². The number of rotatable bonds is 7. The average molecular weight is 287 g/mol. The van der Waals surface area contributed by atoms with E-state index in [-0.39, 0.29) is 5.97 Å². The zero-order valence-electron chi connectivity index (χ0n) is 12.5. The first-order valence-corrected chi connectivity index (χ1v) is 7.07. The Morgan fingerprint density at radius 1 is 1.10 bits per heavy atom. The summed E-state index contributed by atoms with van der Waals surface area (Å²) in [6.45, 7) is 1.60. The molecule has 112 valence electrons. The second-order valence-electron chi connectivity index (χ2n) is 4.90. The van der Waals surface area contributed by atoms with Crippen LogP contribution in [0.3, 0.4) is 0 Å². The summed E-state index contributed by atoms with van der Waals surface area (Å²) in [4.78, 5) is 11.0. The molecule has 0 heterocycles. The first kappa shape index (κ1) is 15.3. The molecule has 2 aromatic carbocycles. The van der Waals surface area contributed by atoms with Gasteiger partial charge in [-0.05, 0) is 47.5 Å². The number of methoxy groups -OCH3 is 2. The van der Waals surface area contributed by atoms with Crippen molar-refractivity contribution in [1.29, 1.82) is 0 Å². The van der Waals surface area contributed by atoms with E-state index in [1.54, 1.807) is 7.11 Å². The Bertz CT molecular complexity index is 610. The van der Waals surface area contributed by atoms with E-state index in [2.05, 4.69) is 34.3 Å². The second-order valence-corrected chi connectivity index (χ2v) is 4.90. The van der Waals surface area contributed by atoms with Crippen molar-refractivity contribution in [3.8, 4) is 5.75 Å². The predicted octanol–water partition coefficient (Wildman–Crippen LogP) is 2.89. The molecule has 0 bridgehead atoms. The maximum Gasteiger partial charge on any atom is 0.305 e. The van der Waals surface area contributed by atoms with Gasteiger partial charge in [0.1, 0.15) is 5.75 Å². The molecular weight excluding hydrogens is 266 g/mol. The lowest BCUT2D eigenvalue weighted by molar-refractivity contribution is -0.140. The van der Waals surface area contributed by atoms with Crippen molar-refractivity contribution in [3.05, 3.63) is 42.0 Å². The summed E-state index contributed by atoms with van der Waals surface area (Å²) in [5.41, 5.74) is 1.23. The van der Waals surface area contributed by atoms with Gasteiger partial charge in [-0.15, -0.1) is 0 Å². The van der Waals surface area contributed by atoms with Crippen LogP contribution in [-0.2, 0) is 16.1 Å². The zero-order valence-corrected chi connectivity index (χ0v) is 12.5. The number of carbonyl (C=O) groups excluding carboxylic acids is 1. The van der Waals surface area contributed by atoms with E-state index < -0.39 is 0 Å². The molecule has 0 aliphatic carbocycles. The quantitative estimate of drug-likeness (QED) is 0.628. The number of nitrogens with one attached hydrogen (secondary N) is 1. The third kappa shape index (κ3) is 4.46. The van der Waals surface area contributed by atoms with Crippen LogP contribution >= 0.6 is 0 Å². The summed E-state index contributed by atoms with van der Waals surface area (Å²) in [7, 11) is 3.09. The minimum atomic E-state index is -0.156. The predicted molar refractivity (Wildman–Crippen MR) is 83.5 cm³/mol. The molecule has 2 rings (SSSR count). The van der Waals surface area contributed by atoms with Crippen LogP contribution in [0.5, 0.6) is 5.75 Å². The van der Waals surface area contributed by atoms with Crippen molar-refractivity contribution in [2.75, 3.05) is 20.8 Å². The van der Waals surface area contributed by atoms with Crippen molar-refractivity contribution >= 4 is 16.7 Å². The van der Waals surface area contributed by atoms with Crippen LogP contribution in [0, 0.1) is 0 Å². The Morgan fingerprint density at radius 3 is 2.62 bits per heavy atom. The molecule has 0 atom stereocenters. The van der Waals surface area contributed by atoms with Crippen LogP contribution in [0.15, 0.2) is 36.4 Å². The van der Waals surface area contributed by atoms with Gasteiger partial charge in [0, 0.05) is 13.0 Å². The fourth-order valence-corrected chi connectivity index (χ4v) is 2.20. The van der Waals surface area contributed by atoms with Crippen molar-refractivity contribution in [2.45, 2.75) is 19.4 Å². The van der Waals surface area contributed by atoms with Gasteiger partial charge >= 0.3 is 5.97 Å². The number of esters is 1. The third-order valence-electron chi connectivity index (χ3n) is 3.40. The number of fused-ring (bicyclic) bond motifs is 1. The Hall–Kier alpha value is -2.07. The molecule has 0 saturated carbocycles. The minimum Gasteiger partial charge on any atom is -0.497 e. The van der Waals surface area contributed by atoms with E-state index in [9.17, 15) is 4.79 Å². The summed E-state index contributed by atoms with van der Waals surface area (Å²) in [5.74, 6) is 0.715. The summed E-state index contributed by atoms with van der Waals surface area (Å²) >= 11 is 0. The number of hydrogen-bond donors (Lipinski definition) is 1. The molecule has 1 N–H and O–H groups in total. The molecule has 0 saturated heterocycles. The third-order valence-corrected chi connectivity index (χ3v) is 3.40. The smallest absolute Gasteiger partial charge is 0.305 e. The second kappa shape index (κ2) is 7.64. The van der Waals surface area contributed by atoms with Gasteiger partial charge in [-0.25, -0.2) is 0 Å². The van der Waals surface area contributed by atoms with E-state index in [0.717, 1.165) is 25.3 Å². The van der Waals surface area contributed by atoms with Crippen molar-refractivity contribution in [3.63, 3.8) is 0 Å². The lowest BCUT2D eigenvalue weighted by Crippen LogP contribution is -2.16. The SMILES string of the molecule is COC(=O)CCCNCc1ccc2cc(OC)ccc2c1. The fourth-order valence-electron chi connectivity index (χ4n) is 2.20. The largest absolute Gasteiger partial charge is 0.497 e. The van der Waals surface area contributed by atoms with E-state index in [1.165, 1.54) is 23.4 Å². The van der Waals surface area contributed by atoms with E-state index in [1.807, 2.05) is 12.1 Å². The Kier molecular flexibility index (Phi) is 5.58. The highest BCUT2D eigenvalue weighted by Crippen LogP contribution is 2.21. The molecule has 0 unspecified atom stereocenters. The normalized spacial score (nSPS) is 10.6. The number of benzene rings is 2. The summed E-state index contributed by atoms with van der Waals surface area (Å²) < 4.78 is 9.83. The maximum absolute atomic E-state index is 11.0. The molecule has 21 heavy (non-hydrogen) atoms. The molecule has 0 radical (unpaired) electrons. The average Bonchev–Trinajstić information content (AvgIpc) is 2.53. The molecule has 0 amide bonds. The van der Waals surface area contributed by atoms with Crippen LogP contribution in [-0.4, -0.2) is 26.7 Å². The Labute approximate surface area is 125 Å². The summed E-state index contributed by atoms with van der Waals surface area (Å²) in [6.07, 6.45) is 1.25. The van der Waals surface area contributed by atoms with Crippen LogP contribution in [0.25, 0.3) is 10.8 Å². The lowest BCUT2D eigenvalue weighted by atomic mass is 10.1. The number of ether oxygens (including phenoxy) is 2.